The van der Waals surface area contributed by atoms with Gasteiger partial charge in [-0.25, -0.2) is 12.3 Å². The monoisotopic (exact) mass is 196 g/mol. The largest absolute Gasteiger partial charge is 0.654 e. The van der Waals surface area contributed by atoms with Gasteiger partial charge in [0.15, 0.2) is 0 Å². The van der Waals surface area contributed by atoms with Crippen LogP contribution >= 0.6 is 11.6 Å². The maximum absolute atomic E-state index is 12.1. The third-order valence-electron chi connectivity index (χ3n) is 1.18. The zero-order chi connectivity index (χ0) is 8.48. The average molecular weight is 197 g/mol. The Bertz CT molecular complexity index is 258. The predicted molar refractivity (Wildman–Crippen MR) is 40.2 cm³/mol. The van der Waals surface area contributed by atoms with Crippen molar-refractivity contribution >= 4 is 25.9 Å². The normalized spacial score (nSPS) is 11.6. The minimum absolute atomic E-state index is 0.202. The van der Waals surface area contributed by atoms with Crippen molar-refractivity contribution in [3.8, 4) is 0 Å². The molecule has 0 spiro atoms. The van der Waals surface area contributed by atoms with Crippen LogP contribution in [0.4, 0.5) is 12.3 Å². The second kappa shape index (κ2) is 2.87. The molecule has 1 rings (SSSR count). The molecular formula is C6H4ClF3Si. The Morgan fingerprint density at radius 2 is 1.64 bits per heavy atom. The highest BCUT2D eigenvalue weighted by molar-refractivity contribution is 6.75. The highest BCUT2D eigenvalue weighted by Gasteiger charge is 2.41. The van der Waals surface area contributed by atoms with Gasteiger partial charge in [0.2, 0.25) is 0 Å². The lowest BCUT2D eigenvalue weighted by Gasteiger charge is -2.03. The number of hydrogen-bond acceptors (Lipinski definition) is 0. The van der Waals surface area contributed by atoms with E-state index in [1.165, 1.54) is 18.2 Å². The van der Waals surface area contributed by atoms with E-state index in [-0.39, 0.29) is 5.02 Å². The van der Waals surface area contributed by atoms with Crippen molar-refractivity contribution < 1.29 is 12.3 Å². The van der Waals surface area contributed by atoms with Gasteiger partial charge in [0.1, 0.15) is 0 Å². The molecular weight excluding hydrogens is 193 g/mol. The van der Waals surface area contributed by atoms with Crippen molar-refractivity contribution in [3.05, 3.63) is 29.3 Å². The molecule has 5 heteroatoms. The van der Waals surface area contributed by atoms with Crippen LogP contribution in [0.1, 0.15) is 0 Å². The number of hydrogen-bond donors (Lipinski definition) is 0. The maximum Gasteiger partial charge on any atom is 0.654 e. The van der Waals surface area contributed by atoms with Crippen LogP contribution in [0.2, 0.25) is 5.02 Å². The molecule has 0 atom stereocenters. The first-order valence-electron chi connectivity index (χ1n) is 2.83. The van der Waals surface area contributed by atoms with Gasteiger partial charge in [-0.05, 0) is 6.07 Å². The Hall–Kier alpha value is -0.483. The van der Waals surface area contributed by atoms with Gasteiger partial charge in [-0.3, -0.25) is 0 Å². The summed E-state index contributed by atoms with van der Waals surface area (Å²) in [5.41, 5.74) is 0. The Balaban J connectivity index is 3.14. The van der Waals surface area contributed by atoms with Gasteiger partial charge < -0.3 is 0 Å². The van der Waals surface area contributed by atoms with Crippen LogP contribution < -0.4 is 5.19 Å². The molecule has 0 heterocycles. The second-order valence-electron chi connectivity index (χ2n) is 1.98. The molecule has 1 aromatic carbocycles. The van der Waals surface area contributed by atoms with Crippen molar-refractivity contribution in [1.29, 1.82) is 0 Å². The molecule has 0 aliphatic carbocycles. The van der Waals surface area contributed by atoms with Crippen molar-refractivity contribution in [2.75, 3.05) is 0 Å². The van der Waals surface area contributed by atoms with Crippen LogP contribution in [-0.2, 0) is 0 Å². The lowest BCUT2D eigenvalue weighted by Crippen LogP contribution is -2.34. The molecule has 60 valence electrons. The first kappa shape index (κ1) is 8.61. The van der Waals surface area contributed by atoms with E-state index in [2.05, 4.69) is 0 Å². The summed E-state index contributed by atoms with van der Waals surface area (Å²) in [6.07, 6.45) is 0. The zero-order valence-corrected chi connectivity index (χ0v) is 7.08. The molecule has 0 nitrogen and oxygen atoms in total. The Morgan fingerprint density at radius 3 is 2.00 bits per heavy atom. The van der Waals surface area contributed by atoms with Gasteiger partial charge in [0.05, 0.1) is 5.19 Å². The molecule has 0 aliphatic heterocycles. The standard InChI is InChI=1S/C6H4ClF3Si/c7-5-3-1-2-4-6(5)11(8,9)10/h1-4H. The van der Waals surface area contributed by atoms with Crippen LogP contribution in [0.5, 0.6) is 0 Å². The summed E-state index contributed by atoms with van der Waals surface area (Å²) < 4.78 is 36.3. The molecule has 1 aromatic rings. The average Bonchev–Trinajstić information content (AvgIpc) is 1.86. The van der Waals surface area contributed by atoms with Crippen LogP contribution in [0.3, 0.4) is 0 Å². The molecule has 0 saturated heterocycles. The van der Waals surface area contributed by atoms with Crippen LogP contribution in [-0.4, -0.2) is 9.08 Å². The van der Waals surface area contributed by atoms with Crippen LogP contribution in [0, 0.1) is 0 Å². The van der Waals surface area contributed by atoms with Gasteiger partial charge >= 0.3 is 9.08 Å². The van der Waals surface area contributed by atoms with E-state index in [9.17, 15) is 12.3 Å². The van der Waals surface area contributed by atoms with Crippen molar-refractivity contribution in [2.24, 2.45) is 0 Å². The van der Waals surface area contributed by atoms with Crippen LogP contribution in [0.25, 0.3) is 0 Å². The highest BCUT2D eigenvalue weighted by atomic mass is 35.5. The number of halogens is 4. The minimum atomic E-state index is -5.71. The summed E-state index contributed by atoms with van der Waals surface area (Å²) in [6.45, 7) is 0. The fourth-order valence-electron chi connectivity index (χ4n) is 0.691. The topological polar surface area (TPSA) is 0 Å². The summed E-state index contributed by atoms with van der Waals surface area (Å²) in [5, 5.41) is -0.853. The molecule has 0 bridgehead atoms. The SMILES string of the molecule is F[Si](F)(F)c1ccccc1Cl. The van der Waals surface area contributed by atoms with E-state index in [0.29, 0.717) is 0 Å². The van der Waals surface area contributed by atoms with E-state index >= 15 is 0 Å². The summed E-state index contributed by atoms with van der Waals surface area (Å²) in [4.78, 5) is 0. The number of benzene rings is 1. The summed E-state index contributed by atoms with van der Waals surface area (Å²) in [6, 6.07) is 5.07. The third-order valence-corrected chi connectivity index (χ3v) is 2.71. The van der Waals surface area contributed by atoms with Gasteiger partial charge in [-0.1, -0.05) is 29.8 Å². The second-order valence-corrected chi connectivity index (χ2v) is 3.92. The van der Waals surface area contributed by atoms with Gasteiger partial charge in [0.25, 0.3) is 0 Å². The van der Waals surface area contributed by atoms with E-state index in [1.54, 1.807) is 0 Å². The first-order valence-corrected chi connectivity index (χ1v) is 4.85. The van der Waals surface area contributed by atoms with E-state index in [1.807, 2.05) is 0 Å². The lowest BCUT2D eigenvalue weighted by molar-refractivity contribution is 0.501. The molecule has 0 N–H and O–H groups in total. The Kier molecular flexibility index (Phi) is 2.24. The maximum atomic E-state index is 12.1. The molecule has 0 saturated carbocycles. The lowest BCUT2D eigenvalue weighted by atomic mass is 10.4. The van der Waals surface area contributed by atoms with E-state index in [0.717, 1.165) is 6.07 Å². The van der Waals surface area contributed by atoms with Gasteiger partial charge in [-0.2, -0.15) is 0 Å². The molecule has 0 fully saturated rings. The highest BCUT2D eigenvalue weighted by Crippen LogP contribution is 2.14. The van der Waals surface area contributed by atoms with Crippen LogP contribution in [0.15, 0.2) is 24.3 Å². The molecule has 0 unspecified atom stereocenters. The summed E-state index contributed by atoms with van der Waals surface area (Å²) in [5.74, 6) is 0. The van der Waals surface area contributed by atoms with Crippen molar-refractivity contribution in [2.45, 2.75) is 0 Å². The minimum Gasteiger partial charge on any atom is -0.234 e. The van der Waals surface area contributed by atoms with Crippen molar-refractivity contribution in [3.63, 3.8) is 0 Å². The molecule has 11 heavy (non-hydrogen) atoms. The first-order chi connectivity index (χ1) is 5.02. The summed E-state index contributed by atoms with van der Waals surface area (Å²) in [7, 11) is -5.71. The fourth-order valence-corrected chi connectivity index (χ4v) is 1.79. The van der Waals surface area contributed by atoms with E-state index < -0.39 is 14.3 Å². The number of rotatable bonds is 1. The van der Waals surface area contributed by atoms with Gasteiger partial charge in [-0.15, -0.1) is 0 Å². The third kappa shape index (κ3) is 1.97. The van der Waals surface area contributed by atoms with Crippen molar-refractivity contribution in [1.82, 2.24) is 0 Å². The fraction of sp³-hybridized carbons (Fsp3) is 0. The van der Waals surface area contributed by atoms with E-state index in [4.69, 9.17) is 11.6 Å². The Morgan fingerprint density at radius 1 is 1.09 bits per heavy atom. The molecule has 0 aliphatic rings. The zero-order valence-electron chi connectivity index (χ0n) is 5.32. The predicted octanol–water partition coefficient (Wildman–Crippen LogP) is 2.39. The quantitative estimate of drug-likeness (QED) is 0.478. The molecule has 0 radical (unpaired) electrons. The summed E-state index contributed by atoms with van der Waals surface area (Å²) >= 11 is 5.32. The van der Waals surface area contributed by atoms with Gasteiger partial charge in [0, 0.05) is 5.02 Å². The molecule has 0 aromatic heterocycles. The smallest absolute Gasteiger partial charge is 0.234 e. The molecule has 0 amide bonds. The Labute approximate surface area is 68.1 Å².